The van der Waals surface area contributed by atoms with Crippen LogP contribution in [0.2, 0.25) is 0 Å². The number of allylic oxidation sites excluding steroid dienone is 1. The fourth-order valence-electron chi connectivity index (χ4n) is 4.19. The van der Waals surface area contributed by atoms with Gasteiger partial charge >= 0.3 is 11.9 Å². The number of rotatable bonds is 8. The highest BCUT2D eigenvalue weighted by Gasteiger charge is 2.60. The van der Waals surface area contributed by atoms with E-state index in [0.717, 1.165) is 9.48 Å². The molecule has 9 nitrogen and oxygen atoms in total. The summed E-state index contributed by atoms with van der Waals surface area (Å²) in [6, 6.07) is -0.762. The highest BCUT2D eigenvalue weighted by molar-refractivity contribution is 7.90. The molecule has 2 atom stereocenters. The van der Waals surface area contributed by atoms with Crippen molar-refractivity contribution in [1.82, 2.24) is 19.4 Å². The zero-order chi connectivity index (χ0) is 24.5. The Morgan fingerprint density at radius 1 is 1.29 bits per heavy atom. The van der Waals surface area contributed by atoms with E-state index in [1.54, 1.807) is 13.2 Å². The van der Waals surface area contributed by atoms with Crippen molar-refractivity contribution in [3.05, 3.63) is 41.8 Å². The van der Waals surface area contributed by atoms with E-state index in [1.807, 2.05) is 0 Å². The van der Waals surface area contributed by atoms with Crippen molar-refractivity contribution in [2.24, 2.45) is 13.0 Å². The molecule has 13 heteroatoms. The summed E-state index contributed by atoms with van der Waals surface area (Å²) in [5.41, 5.74) is -0.563. The number of aryl methyl sites for hydroxylation is 1. The molecular formula is C21H23F3N5O4S+. The number of carbonyl (C=O) groups excluding carboxylic acids is 2. The zero-order valence-electron chi connectivity index (χ0n) is 18.2. The molecule has 1 aliphatic heterocycles. The van der Waals surface area contributed by atoms with Crippen molar-refractivity contribution < 1.29 is 35.8 Å². The number of hydrogen-bond acceptors (Lipinski definition) is 5. The van der Waals surface area contributed by atoms with Gasteiger partial charge in [-0.1, -0.05) is 6.08 Å². The van der Waals surface area contributed by atoms with Gasteiger partial charge in [0.25, 0.3) is 5.92 Å². The Balaban J connectivity index is 1.51. The van der Waals surface area contributed by atoms with E-state index in [9.17, 15) is 31.2 Å². The second kappa shape index (κ2) is 7.60. The van der Waals surface area contributed by atoms with Crippen LogP contribution in [0.25, 0.3) is 0 Å². The van der Waals surface area contributed by atoms with Gasteiger partial charge < -0.3 is 0 Å². The first-order chi connectivity index (χ1) is 15.9. The van der Waals surface area contributed by atoms with Gasteiger partial charge in [0.05, 0.1) is 17.7 Å². The Morgan fingerprint density at radius 3 is 2.56 bits per heavy atom. The molecule has 182 valence electrons. The molecule has 1 aromatic rings. The molecule has 0 radical (unpaired) electrons. The largest absolute Gasteiger partial charge is 0.501 e. The van der Waals surface area contributed by atoms with Crippen LogP contribution in [0, 0.1) is 5.92 Å². The highest BCUT2D eigenvalue weighted by Crippen LogP contribution is 2.49. The van der Waals surface area contributed by atoms with Gasteiger partial charge in [-0.25, -0.2) is 31.1 Å². The highest BCUT2D eigenvalue weighted by atomic mass is 32.2. The van der Waals surface area contributed by atoms with E-state index in [4.69, 9.17) is 0 Å². The predicted molar refractivity (Wildman–Crippen MR) is 113 cm³/mol. The SMILES string of the molecule is Cn1cc(CN2C(=O)C3=CC(S(=O)(=O)NC4(CF)CC4)C=CC3=[N+](CC3CC3(F)F)C2=O)cn1. The molecule has 2 saturated carbocycles. The number of amides is 3. The average Bonchev–Trinajstić information content (AvgIpc) is 3.63. The Labute approximate surface area is 193 Å². The smallest absolute Gasteiger partial charge is 0.275 e. The average molecular weight is 499 g/mol. The van der Waals surface area contributed by atoms with Gasteiger partial charge in [-0.2, -0.15) is 19.4 Å². The summed E-state index contributed by atoms with van der Waals surface area (Å²) >= 11 is 0. The van der Waals surface area contributed by atoms with E-state index in [1.165, 1.54) is 29.1 Å². The molecule has 0 aromatic carbocycles. The third kappa shape index (κ3) is 4.00. The Bertz CT molecular complexity index is 1280. The number of hydrogen-bond donors (Lipinski definition) is 1. The van der Waals surface area contributed by atoms with Crippen LogP contribution >= 0.6 is 0 Å². The van der Waals surface area contributed by atoms with Crippen molar-refractivity contribution in [1.29, 1.82) is 0 Å². The van der Waals surface area contributed by atoms with Crippen LogP contribution in [0.4, 0.5) is 18.0 Å². The van der Waals surface area contributed by atoms with Crippen molar-refractivity contribution in [2.75, 3.05) is 13.2 Å². The Morgan fingerprint density at radius 2 is 2.00 bits per heavy atom. The maximum absolute atomic E-state index is 13.7. The van der Waals surface area contributed by atoms with Gasteiger partial charge in [-0.15, -0.1) is 0 Å². The molecule has 34 heavy (non-hydrogen) atoms. The molecule has 0 bridgehead atoms. The van der Waals surface area contributed by atoms with Crippen LogP contribution in [0.5, 0.6) is 0 Å². The third-order valence-corrected chi connectivity index (χ3v) is 8.29. The summed E-state index contributed by atoms with van der Waals surface area (Å²) in [6.45, 7) is -1.30. The number of alkyl halides is 3. The lowest BCUT2D eigenvalue weighted by molar-refractivity contribution is -0.442. The van der Waals surface area contributed by atoms with Gasteiger partial charge in [0.1, 0.15) is 36.3 Å². The summed E-state index contributed by atoms with van der Waals surface area (Å²) in [5.74, 6) is -4.67. The van der Waals surface area contributed by atoms with Crippen LogP contribution < -0.4 is 4.72 Å². The van der Waals surface area contributed by atoms with E-state index < -0.39 is 51.3 Å². The first-order valence-corrected chi connectivity index (χ1v) is 12.3. The van der Waals surface area contributed by atoms with E-state index >= 15 is 0 Å². The molecule has 0 spiro atoms. The number of halogens is 3. The molecule has 3 aliphatic carbocycles. The van der Waals surface area contributed by atoms with Gasteiger partial charge in [0.15, 0.2) is 0 Å². The summed E-state index contributed by atoms with van der Waals surface area (Å²) in [6.07, 6.45) is 7.22. The van der Waals surface area contributed by atoms with Crippen LogP contribution in [-0.2, 0) is 28.4 Å². The van der Waals surface area contributed by atoms with Gasteiger partial charge in [0, 0.05) is 25.2 Å². The molecule has 2 heterocycles. The molecule has 1 aromatic heterocycles. The minimum Gasteiger partial charge on any atom is -0.275 e. The molecule has 4 aliphatic rings. The van der Waals surface area contributed by atoms with E-state index in [0.29, 0.717) is 18.4 Å². The molecule has 3 amide bonds. The maximum atomic E-state index is 13.7. The number of sulfonamides is 1. The molecule has 5 rings (SSSR count). The summed E-state index contributed by atoms with van der Waals surface area (Å²) in [7, 11) is -2.41. The number of nitrogens with one attached hydrogen (secondary N) is 1. The molecular weight excluding hydrogens is 475 g/mol. The molecule has 2 unspecified atom stereocenters. The van der Waals surface area contributed by atoms with Gasteiger partial charge in [-0.05, 0) is 25.0 Å². The van der Waals surface area contributed by atoms with Crippen molar-refractivity contribution in [2.45, 2.75) is 42.5 Å². The second-order valence-electron chi connectivity index (χ2n) is 9.32. The predicted octanol–water partition coefficient (Wildman–Crippen LogP) is 1.28. The minimum absolute atomic E-state index is 0.0737. The topological polar surface area (TPSA) is 104 Å². The summed E-state index contributed by atoms with van der Waals surface area (Å²) in [4.78, 5) is 27.4. The van der Waals surface area contributed by atoms with Gasteiger partial charge in [0.2, 0.25) is 10.0 Å². The Hall–Kier alpha value is -2.80. The van der Waals surface area contributed by atoms with Crippen LogP contribution in [0.15, 0.2) is 36.2 Å². The lowest BCUT2D eigenvalue weighted by Gasteiger charge is -2.26. The maximum Gasteiger partial charge on any atom is 0.501 e. The standard InChI is InChI=1S/C21H23F3N5O4S/c1-27-9-13(8-25-27)10-29-18(30)16-6-15(34(32,33)26-20(12-22)4-5-20)2-3-17(16)28(19(29)31)11-14-7-21(14,23)24/h2-3,6,8-9,14-15,26H,4-5,7,10-12H2,1H3/q+1. The van der Waals surface area contributed by atoms with Crippen molar-refractivity contribution in [3.63, 3.8) is 0 Å². The number of urea groups is 1. The number of aromatic nitrogens is 2. The lowest BCUT2D eigenvalue weighted by Crippen LogP contribution is -2.52. The fraction of sp³-hybridized carbons (Fsp3) is 0.524. The second-order valence-corrected chi connectivity index (χ2v) is 11.2. The molecule has 2 fully saturated rings. The number of fused-ring (bicyclic) bond motifs is 1. The van der Waals surface area contributed by atoms with Crippen molar-refractivity contribution >= 4 is 27.7 Å². The zero-order valence-corrected chi connectivity index (χ0v) is 19.1. The molecule has 1 N–H and O–H groups in total. The summed E-state index contributed by atoms with van der Waals surface area (Å²) in [5, 5.41) is 2.73. The van der Waals surface area contributed by atoms with Crippen LogP contribution in [0.3, 0.4) is 0 Å². The van der Waals surface area contributed by atoms with Gasteiger partial charge in [-0.3, -0.25) is 4.68 Å². The quantitative estimate of drug-likeness (QED) is 0.544. The first kappa shape index (κ1) is 23.0. The van der Waals surface area contributed by atoms with Crippen LogP contribution in [0.1, 0.15) is 24.8 Å². The van der Waals surface area contributed by atoms with Crippen molar-refractivity contribution in [3.8, 4) is 0 Å². The number of imide groups is 1. The van der Waals surface area contributed by atoms with E-state index in [2.05, 4.69) is 9.82 Å². The Kier molecular flexibility index (Phi) is 5.13. The molecule has 0 saturated heterocycles. The lowest BCUT2D eigenvalue weighted by atomic mass is 9.99. The fourth-order valence-corrected chi connectivity index (χ4v) is 5.79. The number of nitrogens with zero attached hydrogens (tertiary/aromatic N) is 4. The third-order valence-electron chi connectivity index (χ3n) is 6.56. The number of carbonyl (C=O) groups is 2. The monoisotopic (exact) mass is 498 g/mol. The minimum atomic E-state index is -4.07. The normalized spacial score (nSPS) is 27.1. The summed E-state index contributed by atoms with van der Waals surface area (Å²) < 4.78 is 71.3. The van der Waals surface area contributed by atoms with E-state index in [-0.39, 0.29) is 30.8 Å². The first-order valence-electron chi connectivity index (χ1n) is 10.8. The van der Waals surface area contributed by atoms with Crippen LogP contribution in [-0.4, -0.2) is 75.3 Å².